The minimum atomic E-state index is -0.320. The first kappa shape index (κ1) is 15.7. The molecule has 2 rings (SSSR count). The van der Waals surface area contributed by atoms with Gasteiger partial charge in [-0.2, -0.15) is 0 Å². The fraction of sp³-hybridized carbons (Fsp3) is 0.625. The number of halogens is 2. The molecule has 112 valence electrons. The van der Waals surface area contributed by atoms with Gasteiger partial charge in [0.25, 0.3) is 0 Å². The van der Waals surface area contributed by atoms with Gasteiger partial charge in [0.05, 0.1) is 11.1 Å². The molecule has 4 heteroatoms. The Morgan fingerprint density at radius 3 is 2.65 bits per heavy atom. The van der Waals surface area contributed by atoms with Crippen LogP contribution in [0.25, 0.3) is 0 Å². The van der Waals surface area contributed by atoms with Crippen LogP contribution in [0.1, 0.15) is 44.7 Å². The lowest BCUT2D eigenvalue weighted by Crippen LogP contribution is -2.37. The van der Waals surface area contributed by atoms with Gasteiger partial charge >= 0.3 is 0 Å². The molecule has 1 aliphatic carbocycles. The lowest BCUT2D eigenvalue weighted by molar-refractivity contribution is 0.177. The van der Waals surface area contributed by atoms with E-state index in [1.54, 1.807) is 12.1 Å². The lowest BCUT2D eigenvalue weighted by atomic mass is 10.0. The van der Waals surface area contributed by atoms with Crippen molar-refractivity contribution in [2.45, 2.75) is 45.2 Å². The molecule has 2 N–H and O–H groups in total. The van der Waals surface area contributed by atoms with Crippen molar-refractivity contribution in [1.29, 1.82) is 0 Å². The Hall–Kier alpha value is -0.640. The van der Waals surface area contributed by atoms with Crippen molar-refractivity contribution in [3.63, 3.8) is 0 Å². The number of hydrogen-bond acceptors (Lipinski definition) is 2. The molecule has 0 aromatic heterocycles. The Bertz CT molecular complexity index is 446. The summed E-state index contributed by atoms with van der Waals surface area (Å²) in [5, 5.41) is 0.181. The number of nitrogens with two attached hydrogens (primary N) is 1. The number of nitrogens with zero attached hydrogens (tertiary/aromatic N) is 1. The van der Waals surface area contributed by atoms with Crippen LogP contribution in [0.3, 0.4) is 0 Å². The molecule has 1 aromatic rings. The zero-order valence-electron chi connectivity index (χ0n) is 12.3. The van der Waals surface area contributed by atoms with Gasteiger partial charge in [-0.25, -0.2) is 4.39 Å². The first-order valence-electron chi connectivity index (χ1n) is 7.44. The molecule has 0 bridgehead atoms. The normalized spacial score (nSPS) is 16.9. The van der Waals surface area contributed by atoms with Gasteiger partial charge in [0.2, 0.25) is 0 Å². The molecule has 20 heavy (non-hydrogen) atoms. The predicted octanol–water partition coefficient (Wildman–Crippen LogP) is 3.99. The second kappa shape index (κ2) is 6.88. The Balaban J connectivity index is 2.21. The summed E-state index contributed by atoms with van der Waals surface area (Å²) >= 11 is 5.91. The number of benzene rings is 1. The van der Waals surface area contributed by atoms with Crippen molar-refractivity contribution < 1.29 is 4.39 Å². The highest BCUT2D eigenvalue weighted by Gasteiger charge is 2.35. The van der Waals surface area contributed by atoms with Crippen LogP contribution in [0.2, 0.25) is 5.02 Å². The van der Waals surface area contributed by atoms with Gasteiger partial charge in [-0.15, -0.1) is 0 Å². The molecule has 1 aliphatic rings. The fourth-order valence-electron chi connectivity index (χ4n) is 2.63. The van der Waals surface area contributed by atoms with Gasteiger partial charge in [-0.3, -0.25) is 4.90 Å². The maximum Gasteiger partial charge on any atom is 0.146 e. The summed E-state index contributed by atoms with van der Waals surface area (Å²) in [6.45, 7) is 5.81. The van der Waals surface area contributed by atoms with Crippen molar-refractivity contribution in [2.75, 3.05) is 13.1 Å². The van der Waals surface area contributed by atoms with Gasteiger partial charge in [-0.05, 0) is 37.8 Å². The molecule has 1 saturated carbocycles. The Kier molecular flexibility index (Phi) is 5.42. The van der Waals surface area contributed by atoms with E-state index in [2.05, 4.69) is 18.7 Å². The third-order valence-electron chi connectivity index (χ3n) is 3.94. The summed E-state index contributed by atoms with van der Waals surface area (Å²) in [5.41, 5.74) is 6.58. The predicted molar refractivity (Wildman–Crippen MR) is 82.4 cm³/mol. The van der Waals surface area contributed by atoms with Crippen molar-refractivity contribution >= 4 is 11.6 Å². The summed E-state index contributed by atoms with van der Waals surface area (Å²) in [4.78, 5) is 2.37. The van der Waals surface area contributed by atoms with Crippen molar-refractivity contribution in [1.82, 2.24) is 4.90 Å². The Morgan fingerprint density at radius 2 is 2.10 bits per heavy atom. The van der Waals surface area contributed by atoms with Crippen LogP contribution in [0.15, 0.2) is 18.2 Å². The fourth-order valence-corrected chi connectivity index (χ4v) is 2.81. The van der Waals surface area contributed by atoms with Crippen molar-refractivity contribution in [3.05, 3.63) is 34.6 Å². The molecule has 1 unspecified atom stereocenters. The van der Waals surface area contributed by atoms with Gasteiger partial charge in [0.1, 0.15) is 5.82 Å². The molecule has 0 radical (unpaired) electrons. The van der Waals surface area contributed by atoms with E-state index in [1.807, 2.05) is 6.07 Å². The van der Waals surface area contributed by atoms with E-state index < -0.39 is 0 Å². The van der Waals surface area contributed by atoms with E-state index >= 15 is 0 Å². The minimum Gasteiger partial charge on any atom is -0.329 e. The van der Waals surface area contributed by atoms with E-state index in [4.69, 9.17) is 17.3 Å². The largest absolute Gasteiger partial charge is 0.329 e. The summed E-state index contributed by atoms with van der Waals surface area (Å²) in [7, 11) is 0. The first-order chi connectivity index (χ1) is 9.54. The third kappa shape index (κ3) is 3.72. The van der Waals surface area contributed by atoms with E-state index in [9.17, 15) is 4.39 Å². The molecule has 1 aromatic carbocycles. The first-order valence-corrected chi connectivity index (χ1v) is 7.82. The molecule has 0 saturated heterocycles. The van der Waals surface area contributed by atoms with Gasteiger partial charge in [0, 0.05) is 18.2 Å². The van der Waals surface area contributed by atoms with Gasteiger partial charge in [-0.1, -0.05) is 37.6 Å². The quantitative estimate of drug-likeness (QED) is 0.825. The highest BCUT2D eigenvalue weighted by atomic mass is 35.5. The second-order valence-corrected chi connectivity index (χ2v) is 6.45. The minimum absolute atomic E-state index is 0.0695. The zero-order valence-corrected chi connectivity index (χ0v) is 13.0. The molecule has 0 spiro atoms. The van der Waals surface area contributed by atoms with Crippen molar-refractivity contribution in [2.24, 2.45) is 11.7 Å². The highest BCUT2D eigenvalue weighted by molar-refractivity contribution is 6.30. The summed E-state index contributed by atoms with van der Waals surface area (Å²) in [5.74, 6) is 0.318. The average Bonchev–Trinajstić information content (AvgIpc) is 3.22. The maximum atomic E-state index is 14.3. The van der Waals surface area contributed by atoms with Crippen LogP contribution in [-0.2, 0) is 0 Å². The summed E-state index contributed by atoms with van der Waals surface area (Å²) in [6, 6.07) is 5.69. The van der Waals surface area contributed by atoms with Crippen LogP contribution >= 0.6 is 11.6 Å². The lowest BCUT2D eigenvalue weighted by Gasteiger charge is -2.32. The van der Waals surface area contributed by atoms with Gasteiger partial charge < -0.3 is 5.73 Å². The van der Waals surface area contributed by atoms with E-state index in [0.717, 1.165) is 13.0 Å². The van der Waals surface area contributed by atoms with Crippen molar-refractivity contribution in [3.8, 4) is 0 Å². The summed E-state index contributed by atoms with van der Waals surface area (Å²) in [6.07, 6.45) is 3.49. The van der Waals surface area contributed by atoms with Crippen LogP contribution < -0.4 is 5.73 Å². The Morgan fingerprint density at radius 1 is 1.40 bits per heavy atom. The number of hydrogen-bond donors (Lipinski definition) is 1. The van der Waals surface area contributed by atoms with E-state index in [0.29, 0.717) is 24.1 Å². The molecule has 0 aliphatic heterocycles. The number of rotatable bonds is 7. The Labute approximate surface area is 126 Å². The van der Waals surface area contributed by atoms with Crippen LogP contribution in [-0.4, -0.2) is 24.0 Å². The van der Waals surface area contributed by atoms with Gasteiger partial charge in [0.15, 0.2) is 0 Å². The zero-order chi connectivity index (χ0) is 14.7. The van der Waals surface area contributed by atoms with E-state index in [1.165, 1.54) is 12.8 Å². The second-order valence-electron chi connectivity index (χ2n) is 6.05. The average molecular weight is 299 g/mol. The molecule has 1 fully saturated rings. The molecule has 1 atom stereocenters. The van der Waals surface area contributed by atoms with Crippen LogP contribution in [0.4, 0.5) is 4.39 Å². The third-order valence-corrected chi connectivity index (χ3v) is 4.24. The van der Waals surface area contributed by atoms with Crippen LogP contribution in [0.5, 0.6) is 0 Å². The standard InChI is InChI=1S/C16H24ClFN2/c1-11(2)8-9-20(12-6-7-12)15(10-19)13-4-3-5-14(17)16(13)18/h3-5,11-12,15H,6-10,19H2,1-2H3. The summed E-state index contributed by atoms with van der Waals surface area (Å²) < 4.78 is 14.3. The van der Waals surface area contributed by atoms with Crippen LogP contribution in [0, 0.1) is 11.7 Å². The highest BCUT2D eigenvalue weighted by Crippen LogP contribution is 2.36. The monoisotopic (exact) mass is 298 g/mol. The SMILES string of the molecule is CC(C)CCN(C1CC1)C(CN)c1cccc(Cl)c1F. The molecule has 0 amide bonds. The smallest absolute Gasteiger partial charge is 0.146 e. The van der Waals surface area contributed by atoms with E-state index in [-0.39, 0.29) is 16.9 Å². The maximum absolute atomic E-state index is 14.3. The molecule has 2 nitrogen and oxygen atoms in total. The topological polar surface area (TPSA) is 29.3 Å². The molecule has 0 heterocycles. The molecular formula is C16H24ClFN2. The molecular weight excluding hydrogens is 275 g/mol.